The molecule has 3 aromatic rings. The molecule has 0 spiro atoms. The first-order valence-corrected chi connectivity index (χ1v) is 12.0. The first kappa shape index (κ1) is 24.9. The molecule has 7 nitrogen and oxygen atoms in total. The van der Waals surface area contributed by atoms with Crippen molar-refractivity contribution in [3.05, 3.63) is 70.6 Å². The summed E-state index contributed by atoms with van der Waals surface area (Å²) < 4.78 is 15.3. The molecule has 1 fully saturated rings. The fraction of sp³-hybridized carbons (Fsp3) is 0.346. The normalized spacial score (nSPS) is 14.5. The second-order valence-corrected chi connectivity index (χ2v) is 10.0. The Morgan fingerprint density at radius 1 is 0.971 bits per heavy atom. The van der Waals surface area contributed by atoms with Crippen molar-refractivity contribution in [2.75, 3.05) is 18.4 Å². The quantitative estimate of drug-likeness (QED) is 0.489. The highest BCUT2D eigenvalue weighted by Crippen LogP contribution is 2.30. The number of halogens is 2. The zero-order valence-electron chi connectivity index (χ0n) is 20.1. The molecule has 0 bridgehead atoms. The molecule has 0 atom stereocenters. The largest absolute Gasteiger partial charge is 0.322 e. The van der Waals surface area contributed by atoms with E-state index in [-0.39, 0.29) is 17.3 Å². The minimum absolute atomic E-state index is 0.277. The number of piperidine rings is 1. The molecule has 0 radical (unpaired) electrons. The van der Waals surface area contributed by atoms with Gasteiger partial charge in [-0.3, -0.25) is 19.7 Å². The van der Waals surface area contributed by atoms with E-state index in [4.69, 9.17) is 11.6 Å². The first-order chi connectivity index (χ1) is 16.6. The van der Waals surface area contributed by atoms with E-state index in [1.165, 1.54) is 18.3 Å². The van der Waals surface area contributed by atoms with Crippen molar-refractivity contribution in [2.45, 2.75) is 45.6 Å². The van der Waals surface area contributed by atoms with Gasteiger partial charge < -0.3 is 5.32 Å². The Hall–Kier alpha value is -3.23. The molecular formula is C26H29ClFN5O2. The number of benzene rings is 2. The van der Waals surface area contributed by atoms with E-state index < -0.39 is 11.4 Å². The van der Waals surface area contributed by atoms with Gasteiger partial charge in [-0.05, 0) is 76.1 Å². The Labute approximate surface area is 209 Å². The van der Waals surface area contributed by atoms with E-state index in [1.54, 1.807) is 35.0 Å². The van der Waals surface area contributed by atoms with E-state index in [9.17, 15) is 14.0 Å². The molecule has 1 aliphatic heterocycles. The summed E-state index contributed by atoms with van der Waals surface area (Å²) in [4.78, 5) is 26.1. The summed E-state index contributed by atoms with van der Waals surface area (Å²) in [7, 11) is 0. The summed E-state index contributed by atoms with van der Waals surface area (Å²) in [5.74, 6) is -1.08. The van der Waals surface area contributed by atoms with E-state index in [0.717, 1.165) is 32.4 Å². The van der Waals surface area contributed by atoms with Crippen LogP contribution >= 0.6 is 11.6 Å². The predicted octanol–water partition coefficient (Wildman–Crippen LogP) is 5.48. The van der Waals surface area contributed by atoms with Crippen molar-refractivity contribution >= 4 is 29.1 Å². The number of nitrogens with one attached hydrogen (secondary N) is 2. The summed E-state index contributed by atoms with van der Waals surface area (Å²) in [6, 6.07) is 10.7. The van der Waals surface area contributed by atoms with Gasteiger partial charge in [-0.15, -0.1) is 0 Å². The highest BCUT2D eigenvalue weighted by Gasteiger charge is 2.26. The monoisotopic (exact) mass is 497 g/mol. The number of anilines is 1. The van der Waals surface area contributed by atoms with Crippen LogP contribution in [0.2, 0.25) is 5.02 Å². The number of nitrogens with zero attached hydrogens (tertiary/aromatic N) is 3. The maximum Gasteiger partial charge on any atom is 0.267 e. The first-order valence-electron chi connectivity index (χ1n) is 11.6. The third-order valence-corrected chi connectivity index (χ3v) is 6.18. The molecule has 2 amide bonds. The van der Waals surface area contributed by atoms with Crippen LogP contribution < -0.4 is 10.7 Å². The number of carbonyl (C=O) groups is 2. The second kappa shape index (κ2) is 10.2. The second-order valence-electron chi connectivity index (χ2n) is 9.63. The topological polar surface area (TPSA) is 79.3 Å². The molecule has 1 aromatic heterocycles. The number of hydrazine groups is 1. The van der Waals surface area contributed by atoms with Gasteiger partial charge in [0.1, 0.15) is 5.82 Å². The van der Waals surface area contributed by atoms with Gasteiger partial charge in [-0.1, -0.05) is 18.0 Å². The fourth-order valence-electron chi connectivity index (χ4n) is 4.09. The smallest absolute Gasteiger partial charge is 0.267 e. The molecule has 0 unspecified atom stereocenters. The van der Waals surface area contributed by atoms with Gasteiger partial charge in [-0.25, -0.2) is 9.40 Å². The maximum atomic E-state index is 13.5. The van der Waals surface area contributed by atoms with Crippen molar-refractivity contribution in [3.8, 4) is 11.3 Å². The Balaban J connectivity index is 1.60. The summed E-state index contributed by atoms with van der Waals surface area (Å²) in [5, 5.41) is 9.49. The molecule has 1 saturated heterocycles. The van der Waals surface area contributed by atoms with Gasteiger partial charge in [0.05, 0.1) is 33.6 Å². The zero-order chi connectivity index (χ0) is 25.2. The van der Waals surface area contributed by atoms with Crippen LogP contribution in [0.5, 0.6) is 0 Å². The van der Waals surface area contributed by atoms with E-state index >= 15 is 0 Å². The standard InChI is InChI=1S/C26H29ClFN5O2/c1-26(2,3)33-23(17-7-9-18(28)10-8-17)21(16-29-33)24(34)30-19-11-12-22(27)20(15-19)25(35)31-32-13-5-4-6-14-32/h7-12,15-16H,4-6,13-14H2,1-3H3,(H,30,34)(H,31,35). The average Bonchev–Trinajstić information content (AvgIpc) is 3.27. The van der Waals surface area contributed by atoms with Gasteiger partial charge in [0, 0.05) is 24.3 Å². The number of rotatable bonds is 5. The number of hydrogen-bond donors (Lipinski definition) is 2. The van der Waals surface area contributed by atoms with Crippen molar-refractivity contribution < 1.29 is 14.0 Å². The molecule has 2 aromatic carbocycles. The Morgan fingerprint density at radius 3 is 2.31 bits per heavy atom. The molecule has 2 N–H and O–H groups in total. The SMILES string of the molecule is CC(C)(C)n1ncc(C(=O)Nc2ccc(Cl)c(C(=O)NN3CCCCC3)c2)c1-c1ccc(F)cc1. The van der Waals surface area contributed by atoms with Crippen LogP contribution in [-0.4, -0.2) is 39.7 Å². The molecule has 9 heteroatoms. The predicted molar refractivity (Wildman–Crippen MR) is 135 cm³/mol. The molecule has 35 heavy (non-hydrogen) atoms. The van der Waals surface area contributed by atoms with Gasteiger partial charge in [-0.2, -0.15) is 5.10 Å². The van der Waals surface area contributed by atoms with Gasteiger partial charge >= 0.3 is 0 Å². The molecule has 1 aliphatic rings. The Morgan fingerprint density at radius 2 is 1.66 bits per heavy atom. The number of hydrogen-bond acceptors (Lipinski definition) is 4. The van der Waals surface area contributed by atoms with Crippen LogP contribution in [0, 0.1) is 5.82 Å². The van der Waals surface area contributed by atoms with E-state index in [1.807, 2.05) is 25.8 Å². The Kier molecular flexibility index (Phi) is 7.23. The average molecular weight is 498 g/mol. The molecule has 4 rings (SSSR count). The summed E-state index contributed by atoms with van der Waals surface area (Å²) >= 11 is 6.30. The van der Waals surface area contributed by atoms with E-state index in [2.05, 4.69) is 15.8 Å². The van der Waals surface area contributed by atoms with Crippen molar-refractivity contribution in [2.24, 2.45) is 0 Å². The van der Waals surface area contributed by atoms with Crippen LogP contribution in [0.3, 0.4) is 0 Å². The van der Waals surface area contributed by atoms with Crippen LogP contribution in [0.1, 0.15) is 60.7 Å². The lowest BCUT2D eigenvalue weighted by atomic mass is 10.0. The number of aromatic nitrogens is 2. The Bertz CT molecular complexity index is 1230. The van der Waals surface area contributed by atoms with Gasteiger partial charge in [0.15, 0.2) is 0 Å². The van der Waals surface area contributed by atoms with Crippen LogP contribution in [-0.2, 0) is 5.54 Å². The summed E-state index contributed by atoms with van der Waals surface area (Å²) in [6.45, 7) is 7.51. The van der Waals surface area contributed by atoms with Crippen LogP contribution in [0.25, 0.3) is 11.3 Å². The summed E-state index contributed by atoms with van der Waals surface area (Å²) in [6.07, 6.45) is 4.71. The van der Waals surface area contributed by atoms with Crippen molar-refractivity contribution in [1.29, 1.82) is 0 Å². The van der Waals surface area contributed by atoms with E-state index in [0.29, 0.717) is 27.5 Å². The highest BCUT2D eigenvalue weighted by molar-refractivity contribution is 6.34. The third-order valence-electron chi connectivity index (χ3n) is 5.85. The minimum atomic E-state index is -0.414. The van der Waals surface area contributed by atoms with Gasteiger partial charge in [0.25, 0.3) is 11.8 Å². The maximum absolute atomic E-state index is 13.5. The van der Waals surface area contributed by atoms with Gasteiger partial charge in [0.2, 0.25) is 0 Å². The lowest BCUT2D eigenvalue weighted by Crippen LogP contribution is -2.45. The fourth-order valence-corrected chi connectivity index (χ4v) is 4.30. The lowest BCUT2D eigenvalue weighted by molar-refractivity contribution is 0.0750. The molecule has 184 valence electrons. The minimum Gasteiger partial charge on any atom is -0.322 e. The lowest BCUT2D eigenvalue weighted by Gasteiger charge is -2.27. The number of carbonyl (C=O) groups excluding carboxylic acids is 2. The summed E-state index contributed by atoms with van der Waals surface area (Å²) in [5.41, 5.74) is 4.76. The molecule has 0 saturated carbocycles. The molecule has 0 aliphatic carbocycles. The third kappa shape index (κ3) is 5.71. The highest BCUT2D eigenvalue weighted by atomic mass is 35.5. The van der Waals surface area contributed by atoms with Crippen molar-refractivity contribution in [1.82, 2.24) is 20.2 Å². The zero-order valence-corrected chi connectivity index (χ0v) is 20.8. The van der Waals surface area contributed by atoms with Crippen LogP contribution in [0.4, 0.5) is 10.1 Å². The molecule has 2 heterocycles. The van der Waals surface area contributed by atoms with Crippen molar-refractivity contribution in [3.63, 3.8) is 0 Å². The number of amides is 2. The molecular weight excluding hydrogens is 469 g/mol. The van der Waals surface area contributed by atoms with Crippen LogP contribution in [0.15, 0.2) is 48.7 Å².